The Labute approximate surface area is 125 Å². The van der Waals surface area contributed by atoms with Gasteiger partial charge in [0.05, 0.1) is 11.4 Å². The molecule has 21 heavy (non-hydrogen) atoms. The van der Waals surface area contributed by atoms with Crippen LogP contribution in [0.2, 0.25) is 0 Å². The number of carbonyl (C=O) groups is 1. The summed E-state index contributed by atoms with van der Waals surface area (Å²) in [5, 5.41) is 12.1. The highest BCUT2D eigenvalue weighted by molar-refractivity contribution is 6.00. The zero-order chi connectivity index (χ0) is 15.6. The van der Waals surface area contributed by atoms with Crippen molar-refractivity contribution >= 4 is 17.5 Å². The molecule has 0 unspecified atom stereocenters. The van der Waals surface area contributed by atoms with Crippen LogP contribution in [-0.2, 0) is 11.2 Å². The number of aryl methyl sites for hydroxylation is 1. The number of oxime groups is 1. The van der Waals surface area contributed by atoms with E-state index in [4.69, 9.17) is 9.94 Å². The van der Waals surface area contributed by atoms with Crippen LogP contribution in [0.5, 0.6) is 0 Å². The fourth-order valence-electron chi connectivity index (χ4n) is 2.36. The first-order valence-corrected chi connectivity index (χ1v) is 7.14. The van der Waals surface area contributed by atoms with Crippen molar-refractivity contribution in [3.63, 3.8) is 0 Å². The second-order valence-corrected chi connectivity index (χ2v) is 6.26. The molecular formula is C16H22N2O3. The third-order valence-corrected chi connectivity index (χ3v) is 3.39. The van der Waals surface area contributed by atoms with E-state index in [1.54, 1.807) is 11.8 Å². The average molecular weight is 290 g/mol. The lowest BCUT2D eigenvalue weighted by Gasteiger charge is -2.32. The summed E-state index contributed by atoms with van der Waals surface area (Å²) in [6.45, 7) is 7.93. The highest BCUT2D eigenvalue weighted by atomic mass is 16.6. The Kier molecular flexibility index (Phi) is 4.21. The molecule has 0 atom stereocenters. The molecule has 1 N–H and O–H groups in total. The van der Waals surface area contributed by atoms with E-state index in [0.29, 0.717) is 12.3 Å². The van der Waals surface area contributed by atoms with Crippen LogP contribution in [0, 0.1) is 0 Å². The molecule has 0 bridgehead atoms. The molecule has 1 aliphatic heterocycles. The second kappa shape index (κ2) is 5.76. The first-order valence-electron chi connectivity index (χ1n) is 7.14. The van der Waals surface area contributed by atoms with Crippen LogP contribution in [0.4, 0.5) is 10.5 Å². The predicted molar refractivity (Wildman–Crippen MR) is 82.3 cm³/mol. The quantitative estimate of drug-likeness (QED) is 0.488. The van der Waals surface area contributed by atoms with E-state index in [-0.39, 0.29) is 6.09 Å². The van der Waals surface area contributed by atoms with Crippen molar-refractivity contribution in [1.29, 1.82) is 0 Å². The van der Waals surface area contributed by atoms with Crippen LogP contribution in [0.3, 0.4) is 0 Å². The third kappa shape index (κ3) is 3.54. The third-order valence-electron chi connectivity index (χ3n) is 3.39. The molecule has 1 heterocycles. The zero-order valence-electron chi connectivity index (χ0n) is 13.0. The number of ether oxygens (including phenoxy) is 1. The lowest BCUT2D eigenvalue weighted by Crippen LogP contribution is -2.39. The Morgan fingerprint density at radius 3 is 2.71 bits per heavy atom. The van der Waals surface area contributed by atoms with E-state index in [9.17, 15) is 4.79 Å². The molecule has 1 amide bonds. The van der Waals surface area contributed by atoms with Crippen LogP contribution in [-0.4, -0.2) is 29.2 Å². The molecule has 1 aromatic carbocycles. The van der Waals surface area contributed by atoms with E-state index in [1.165, 1.54) is 0 Å². The van der Waals surface area contributed by atoms with Gasteiger partial charge in [0, 0.05) is 12.1 Å². The minimum atomic E-state index is -0.519. The maximum Gasteiger partial charge on any atom is 0.414 e. The summed E-state index contributed by atoms with van der Waals surface area (Å²) in [5.41, 5.74) is 2.76. The number of rotatable bonds is 1. The Balaban J connectivity index is 2.35. The fourth-order valence-corrected chi connectivity index (χ4v) is 2.36. The summed E-state index contributed by atoms with van der Waals surface area (Å²) >= 11 is 0. The second-order valence-electron chi connectivity index (χ2n) is 6.26. The van der Waals surface area contributed by atoms with Gasteiger partial charge < -0.3 is 9.94 Å². The monoisotopic (exact) mass is 290 g/mol. The molecule has 0 fully saturated rings. The molecule has 5 nitrogen and oxygen atoms in total. The molecule has 0 saturated carbocycles. The van der Waals surface area contributed by atoms with Crippen LogP contribution < -0.4 is 4.90 Å². The van der Waals surface area contributed by atoms with E-state index in [0.717, 1.165) is 29.7 Å². The van der Waals surface area contributed by atoms with Crippen LogP contribution in [0.1, 0.15) is 45.2 Å². The van der Waals surface area contributed by atoms with Gasteiger partial charge in [-0.3, -0.25) is 4.90 Å². The Bertz CT molecular complexity index is 573. The van der Waals surface area contributed by atoms with Gasteiger partial charge in [-0.15, -0.1) is 0 Å². The average Bonchev–Trinajstić information content (AvgIpc) is 2.43. The highest BCUT2D eigenvalue weighted by Gasteiger charge is 2.27. The number of fused-ring (bicyclic) bond motifs is 1. The Hall–Kier alpha value is -2.04. The van der Waals surface area contributed by atoms with Gasteiger partial charge in [-0.05, 0) is 52.2 Å². The van der Waals surface area contributed by atoms with Gasteiger partial charge in [0.25, 0.3) is 0 Å². The van der Waals surface area contributed by atoms with E-state index >= 15 is 0 Å². The van der Waals surface area contributed by atoms with Crippen molar-refractivity contribution < 1.29 is 14.7 Å². The van der Waals surface area contributed by atoms with Crippen molar-refractivity contribution in [2.45, 2.75) is 46.1 Å². The van der Waals surface area contributed by atoms with Crippen LogP contribution in [0.15, 0.2) is 23.4 Å². The summed E-state index contributed by atoms with van der Waals surface area (Å²) in [4.78, 5) is 14.0. The standard InChI is InChI=1S/C16H22N2O3/c1-11(17-20)13-8-7-12-6-5-9-18(14(12)10-13)15(19)21-16(2,3)4/h7-8,10,20H,5-6,9H2,1-4H3. The number of benzene rings is 1. The maximum atomic E-state index is 12.4. The number of amides is 1. The number of hydrogen-bond acceptors (Lipinski definition) is 4. The highest BCUT2D eigenvalue weighted by Crippen LogP contribution is 2.30. The summed E-state index contributed by atoms with van der Waals surface area (Å²) in [7, 11) is 0. The normalized spacial score (nSPS) is 15.6. The van der Waals surface area contributed by atoms with Gasteiger partial charge in [0.2, 0.25) is 0 Å². The molecule has 114 valence electrons. The van der Waals surface area contributed by atoms with Gasteiger partial charge in [0.1, 0.15) is 5.60 Å². The SMILES string of the molecule is CC(=NO)c1ccc2c(c1)N(C(=O)OC(C)(C)C)CCC2. The molecule has 2 rings (SSSR count). The summed E-state index contributed by atoms with van der Waals surface area (Å²) in [6, 6.07) is 5.77. The lowest BCUT2D eigenvalue weighted by molar-refractivity contribution is 0.0578. The molecule has 1 aliphatic rings. The van der Waals surface area contributed by atoms with Gasteiger partial charge in [-0.2, -0.15) is 0 Å². The first kappa shape index (κ1) is 15.4. The van der Waals surface area contributed by atoms with E-state index in [1.807, 2.05) is 39.0 Å². The molecule has 0 aliphatic carbocycles. The summed E-state index contributed by atoms with van der Waals surface area (Å²) in [5.74, 6) is 0. The minimum Gasteiger partial charge on any atom is -0.443 e. The van der Waals surface area contributed by atoms with Crippen LogP contribution >= 0.6 is 0 Å². The molecule has 0 radical (unpaired) electrons. The lowest BCUT2D eigenvalue weighted by atomic mass is 9.98. The number of nitrogens with zero attached hydrogens (tertiary/aromatic N) is 2. The predicted octanol–water partition coefficient (Wildman–Crippen LogP) is 3.57. The molecule has 0 spiro atoms. The van der Waals surface area contributed by atoms with Gasteiger partial charge in [-0.1, -0.05) is 17.3 Å². The molecule has 0 saturated heterocycles. The van der Waals surface area contributed by atoms with Crippen molar-refractivity contribution in [3.05, 3.63) is 29.3 Å². The molecular weight excluding hydrogens is 268 g/mol. The van der Waals surface area contributed by atoms with E-state index in [2.05, 4.69) is 5.16 Å². The van der Waals surface area contributed by atoms with Crippen molar-refractivity contribution in [1.82, 2.24) is 0 Å². The van der Waals surface area contributed by atoms with Crippen molar-refractivity contribution in [2.24, 2.45) is 5.16 Å². The van der Waals surface area contributed by atoms with E-state index < -0.39 is 5.60 Å². The molecule has 0 aromatic heterocycles. The van der Waals surface area contributed by atoms with Gasteiger partial charge in [-0.25, -0.2) is 4.79 Å². The minimum absolute atomic E-state index is 0.334. The smallest absolute Gasteiger partial charge is 0.414 e. The summed E-state index contributed by atoms with van der Waals surface area (Å²) in [6.07, 6.45) is 1.52. The topological polar surface area (TPSA) is 62.1 Å². The Morgan fingerprint density at radius 1 is 1.38 bits per heavy atom. The summed E-state index contributed by atoms with van der Waals surface area (Å²) < 4.78 is 5.47. The number of carbonyl (C=O) groups excluding carboxylic acids is 1. The van der Waals surface area contributed by atoms with Crippen molar-refractivity contribution in [3.8, 4) is 0 Å². The van der Waals surface area contributed by atoms with Crippen molar-refractivity contribution in [2.75, 3.05) is 11.4 Å². The van der Waals surface area contributed by atoms with Crippen LogP contribution in [0.25, 0.3) is 0 Å². The molecule has 5 heteroatoms. The zero-order valence-corrected chi connectivity index (χ0v) is 13.0. The Morgan fingerprint density at radius 2 is 2.10 bits per heavy atom. The number of hydrogen-bond donors (Lipinski definition) is 1. The van der Waals surface area contributed by atoms with Gasteiger partial charge >= 0.3 is 6.09 Å². The molecule has 1 aromatic rings. The van der Waals surface area contributed by atoms with Gasteiger partial charge in [0.15, 0.2) is 0 Å². The first-order chi connectivity index (χ1) is 9.81. The fraction of sp³-hybridized carbons (Fsp3) is 0.500. The number of anilines is 1. The largest absolute Gasteiger partial charge is 0.443 e. The maximum absolute atomic E-state index is 12.4.